The molecular weight excluding hydrogens is 293 g/mol. The summed E-state index contributed by atoms with van der Waals surface area (Å²) in [5, 5.41) is 0. The number of rotatable bonds is 9. The van der Waals surface area contributed by atoms with Crippen LogP contribution in [0.3, 0.4) is 0 Å². The van der Waals surface area contributed by atoms with Crippen LogP contribution < -0.4 is 0 Å². The Kier molecular flexibility index (Phi) is 12.0. The third-order valence-electron chi connectivity index (χ3n) is 2.23. The zero-order valence-electron chi connectivity index (χ0n) is 9.98. The molecule has 7 nitrogen and oxygen atoms in total. The Bertz CT molecular complexity index is 306. The van der Waals surface area contributed by atoms with Crippen molar-refractivity contribution >= 4 is 45.2 Å². The minimum atomic E-state index is -5.01. The Balaban J connectivity index is 0. The molecule has 0 aromatic heterocycles. The predicted molar refractivity (Wildman–Crippen MR) is 69.4 cm³/mol. The van der Waals surface area contributed by atoms with E-state index in [1.165, 1.54) is 0 Å². The van der Waals surface area contributed by atoms with E-state index >= 15 is 0 Å². The second-order valence-corrected chi connectivity index (χ2v) is 6.58. The Morgan fingerprint density at radius 1 is 1.17 bits per heavy atom. The summed E-state index contributed by atoms with van der Waals surface area (Å²) in [4.78, 5) is 25.8. The third-order valence-corrected chi connectivity index (χ3v) is 4.38. The summed E-state index contributed by atoms with van der Waals surface area (Å²) >= 11 is 0. The Morgan fingerprint density at radius 2 is 1.72 bits per heavy atom. The molecule has 0 rings (SSSR count). The van der Waals surface area contributed by atoms with Crippen LogP contribution in [0.4, 0.5) is 0 Å². The van der Waals surface area contributed by atoms with E-state index in [1.807, 2.05) is 13.8 Å². The fraction of sp³-hybridized carbons (Fsp3) is 1.00. The van der Waals surface area contributed by atoms with Crippen LogP contribution in [-0.2, 0) is 18.0 Å². The first-order valence-corrected chi connectivity index (χ1v) is 8.47. The second kappa shape index (κ2) is 10.1. The molecule has 2 unspecified atom stereocenters. The molecule has 3 N–H and O–H groups in total. The van der Waals surface area contributed by atoms with Gasteiger partial charge in [-0.05, 0) is 12.3 Å². The van der Waals surface area contributed by atoms with Crippen LogP contribution in [0.1, 0.15) is 39.5 Å². The molecule has 0 aromatic rings. The number of hydrogen-bond acceptors (Lipinski definition) is 4. The van der Waals surface area contributed by atoms with E-state index in [4.69, 9.17) is 14.7 Å². The molecule has 0 aliphatic rings. The van der Waals surface area contributed by atoms with E-state index in [0.717, 1.165) is 25.7 Å². The zero-order chi connectivity index (χ0) is 13.5. The first kappa shape index (κ1) is 21.6. The number of hydrogen-bond donors (Lipinski definition) is 3. The molecule has 0 aromatic carbocycles. The molecule has 10 heteroatoms. The van der Waals surface area contributed by atoms with Crippen molar-refractivity contribution in [2.24, 2.45) is 5.92 Å². The van der Waals surface area contributed by atoms with Crippen LogP contribution in [-0.4, -0.2) is 50.8 Å². The quantitative estimate of drug-likeness (QED) is 0.439. The summed E-state index contributed by atoms with van der Waals surface area (Å²) in [6, 6.07) is 0. The summed E-state index contributed by atoms with van der Waals surface area (Å²) in [6.07, 6.45) is 3.57. The molecule has 18 heavy (non-hydrogen) atoms. The fourth-order valence-corrected chi connectivity index (χ4v) is 2.92. The van der Waals surface area contributed by atoms with Crippen LogP contribution in [0.15, 0.2) is 0 Å². The Morgan fingerprint density at radius 3 is 2.11 bits per heavy atom. The van der Waals surface area contributed by atoms with Gasteiger partial charge in [0.1, 0.15) is 0 Å². The standard InChI is InChI=1S/C8H20O7P2.Na.H/c1-3-5-6-8(4-2)7-14-17(12,13)15-16(9,10)11;;/h8H,3-7H2,1-2H3,(H,12,13)(H2,9,10,11);;. The molecule has 0 aliphatic heterocycles. The summed E-state index contributed by atoms with van der Waals surface area (Å²) in [6.45, 7) is 3.89. The molecule has 0 bridgehead atoms. The van der Waals surface area contributed by atoms with E-state index in [1.54, 1.807) is 0 Å². The van der Waals surface area contributed by atoms with Crippen molar-refractivity contribution in [3.05, 3.63) is 0 Å². The Labute approximate surface area is 129 Å². The van der Waals surface area contributed by atoms with Gasteiger partial charge in [-0.1, -0.05) is 33.1 Å². The number of unbranched alkanes of at least 4 members (excludes halogenated alkanes) is 1. The molecule has 106 valence electrons. The topological polar surface area (TPSA) is 113 Å². The molecule has 0 aliphatic carbocycles. The first-order chi connectivity index (χ1) is 7.70. The van der Waals surface area contributed by atoms with Crippen LogP contribution in [0.2, 0.25) is 0 Å². The molecular formula is C8H21NaO7P2. The molecule has 0 saturated heterocycles. The molecule has 0 fully saturated rings. The molecule has 0 spiro atoms. The maximum atomic E-state index is 11.1. The van der Waals surface area contributed by atoms with Gasteiger partial charge >= 0.3 is 45.2 Å². The van der Waals surface area contributed by atoms with E-state index in [9.17, 15) is 9.13 Å². The average Bonchev–Trinajstić information content (AvgIpc) is 2.14. The second-order valence-electron chi connectivity index (χ2n) is 3.75. The minimum absolute atomic E-state index is 0. The summed E-state index contributed by atoms with van der Waals surface area (Å²) in [5.41, 5.74) is 0. The summed E-state index contributed by atoms with van der Waals surface area (Å²) in [5.74, 6) is 0.0794. The van der Waals surface area contributed by atoms with Gasteiger partial charge in [0, 0.05) is 0 Å². The number of phosphoric acid groups is 2. The molecule has 0 amide bonds. The fourth-order valence-electron chi connectivity index (χ4n) is 1.26. The van der Waals surface area contributed by atoms with Crippen LogP contribution >= 0.6 is 15.6 Å². The van der Waals surface area contributed by atoms with Gasteiger partial charge in [0.2, 0.25) is 0 Å². The van der Waals surface area contributed by atoms with Crippen molar-refractivity contribution in [1.82, 2.24) is 0 Å². The van der Waals surface area contributed by atoms with Gasteiger partial charge in [0.15, 0.2) is 0 Å². The van der Waals surface area contributed by atoms with Crippen molar-refractivity contribution in [2.45, 2.75) is 39.5 Å². The average molecular weight is 314 g/mol. The van der Waals surface area contributed by atoms with Gasteiger partial charge in [-0.2, -0.15) is 4.31 Å². The number of phosphoric ester groups is 1. The first-order valence-electron chi connectivity index (χ1n) is 5.44. The van der Waals surface area contributed by atoms with Crippen LogP contribution in [0.25, 0.3) is 0 Å². The SMILES string of the molecule is CCCCC(CC)COP(=O)(O)OP(=O)(O)O.[NaH]. The van der Waals surface area contributed by atoms with Crippen molar-refractivity contribution in [1.29, 1.82) is 0 Å². The van der Waals surface area contributed by atoms with Gasteiger partial charge < -0.3 is 14.7 Å². The molecule has 2 atom stereocenters. The monoisotopic (exact) mass is 314 g/mol. The van der Waals surface area contributed by atoms with Gasteiger partial charge in [-0.15, -0.1) is 0 Å². The van der Waals surface area contributed by atoms with Gasteiger partial charge in [-0.25, -0.2) is 9.13 Å². The molecule has 0 heterocycles. The maximum absolute atomic E-state index is 11.1. The van der Waals surface area contributed by atoms with E-state index in [0.29, 0.717) is 0 Å². The predicted octanol–water partition coefficient (Wildman–Crippen LogP) is 1.78. The van der Waals surface area contributed by atoms with Crippen LogP contribution in [0.5, 0.6) is 0 Å². The van der Waals surface area contributed by atoms with Crippen molar-refractivity contribution < 1.29 is 32.6 Å². The van der Waals surface area contributed by atoms with Gasteiger partial charge in [-0.3, -0.25) is 4.52 Å². The molecule has 0 saturated carbocycles. The van der Waals surface area contributed by atoms with Crippen molar-refractivity contribution in [3.63, 3.8) is 0 Å². The normalized spacial score (nSPS) is 16.7. The van der Waals surface area contributed by atoms with Gasteiger partial charge in [0.25, 0.3) is 0 Å². The van der Waals surface area contributed by atoms with Crippen molar-refractivity contribution in [3.8, 4) is 0 Å². The van der Waals surface area contributed by atoms with Crippen molar-refractivity contribution in [2.75, 3.05) is 6.61 Å². The summed E-state index contributed by atoms with van der Waals surface area (Å²) in [7, 11) is -9.69. The van der Waals surface area contributed by atoms with E-state index < -0.39 is 15.6 Å². The molecule has 0 radical (unpaired) electrons. The van der Waals surface area contributed by atoms with E-state index in [-0.39, 0.29) is 42.1 Å². The Hall–Kier alpha value is 1.26. The van der Waals surface area contributed by atoms with Gasteiger partial charge in [0.05, 0.1) is 6.61 Å². The zero-order valence-corrected chi connectivity index (χ0v) is 11.8. The van der Waals surface area contributed by atoms with E-state index in [2.05, 4.69) is 8.83 Å². The summed E-state index contributed by atoms with van der Waals surface area (Å²) < 4.78 is 29.8. The third kappa shape index (κ3) is 12.3. The van der Waals surface area contributed by atoms with Crippen LogP contribution in [0, 0.1) is 5.92 Å².